The average molecular weight is 263 g/mol. The molecule has 0 spiro atoms. The molecule has 0 aliphatic heterocycles. The smallest absolute Gasteiger partial charge is 0.126 e. The van der Waals surface area contributed by atoms with Crippen molar-refractivity contribution in [3.05, 3.63) is 29.6 Å². The summed E-state index contributed by atoms with van der Waals surface area (Å²) in [5.74, 6) is 2.77. The maximum atomic E-state index is 13.3. The first-order chi connectivity index (χ1) is 9.13. The summed E-state index contributed by atoms with van der Waals surface area (Å²) in [5.41, 5.74) is 6.80. The molecule has 4 atom stereocenters. The van der Waals surface area contributed by atoms with Crippen LogP contribution in [0.5, 0.6) is 5.75 Å². The molecule has 1 aromatic carbocycles. The Morgan fingerprint density at radius 3 is 2.84 bits per heavy atom. The van der Waals surface area contributed by atoms with Crippen molar-refractivity contribution in [2.75, 3.05) is 6.61 Å². The minimum Gasteiger partial charge on any atom is -0.493 e. The van der Waals surface area contributed by atoms with Crippen LogP contribution in [0.15, 0.2) is 18.2 Å². The summed E-state index contributed by atoms with van der Waals surface area (Å²) < 4.78 is 19.2. The van der Waals surface area contributed by atoms with Crippen LogP contribution in [0.2, 0.25) is 0 Å². The predicted molar refractivity (Wildman–Crippen MR) is 73.4 cm³/mol. The Hall–Kier alpha value is -1.09. The first-order valence-corrected chi connectivity index (χ1v) is 7.31. The van der Waals surface area contributed by atoms with Gasteiger partial charge in [-0.2, -0.15) is 0 Å². The van der Waals surface area contributed by atoms with Gasteiger partial charge in [0, 0.05) is 17.7 Å². The molecule has 2 saturated carbocycles. The number of rotatable bonds is 4. The van der Waals surface area contributed by atoms with Crippen molar-refractivity contribution in [3.63, 3.8) is 0 Å². The summed E-state index contributed by atoms with van der Waals surface area (Å²) in [4.78, 5) is 0. The number of halogens is 1. The summed E-state index contributed by atoms with van der Waals surface area (Å²) in [6, 6.07) is 4.51. The van der Waals surface area contributed by atoms with Crippen molar-refractivity contribution in [1.29, 1.82) is 0 Å². The van der Waals surface area contributed by atoms with E-state index in [-0.39, 0.29) is 11.9 Å². The van der Waals surface area contributed by atoms with E-state index in [0.717, 1.165) is 17.4 Å². The van der Waals surface area contributed by atoms with Crippen molar-refractivity contribution < 1.29 is 9.13 Å². The van der Waals surface area contributed by atoms with E-state index in [1.165, 1.54) is 37.8 Å². The van der Waals surface area contributed by atoms with Crippen molar-refractivity contribution in [1.82, 2.24) is 0 Å². The monoisotopic (exact) mass is 263 g/mol. The van der Waals surface area contributed by atoms with Crippen molar-refractivity contribution in [2.24, 2.45) is 23.5 Å². The molecule has 2 nitrogen and oxygen atoms in total. The fourth-order valence-electron chi connectivity index (χ4n) is 3.79. The number of hydrogen-bond donors (Lipinski definition) is 1. The van der Waals surface area contributed by atoms with Crippen LogP contribution in [-0.4, -0.2) is 6.61 Å². The van der Waals surface area contributed by atoms with Crippen molar-refractivity contribution >= 4 is 0 Å². The second kappa shape index (κ2) is 5.12. The van der Waals surface area contributed by atoms with Gasteiger partial charge in [0.05, 0.1) is 6.61 Å². The SMILES string of the molecule is C[C@@H](N)c1ccc(F)cc1OCC1CC2CCC1C2. The fourth-order valence-corrected chi connectivity index (χ4v) is 3.79. The Labute approximate surface area is 114 Å². The molecule has 2 aliphatic carbocycles. The number of fused-ring (bicyclic) bond motifs is 2. The van der Waals surface area contributed by atoms with Gasteiger partial charge in [0.1, 0.15) is 11.6 Å². The van der Waals surface area contributed by atoms with Crippen LogP contribution >= 0.6 is 0 Å². The second-order valence-electron chi connectivity index (χ2n) is 6.22. The molecule has 0 radical (unpaired) electrons. The highest BCUT2D eigenvalue weighted by Crippen LogP contribution is 2.48. The molecule has 0 heterocycles. The molecular weight excluding hydrogens is 241 g/mol. The van der Waals surface area contributed by atoms with Crippen LogP contribution in [0.25, 0.3) is 0 Å². The van der Waals surface area contributed by atoms with Crippen LogP contribution in [0, 0.1) is 23.6 Å². The molecule has 0 saturated heterocycles. The van der Waals surface area contributed by atoms with Crippen LogP contribution in [0.3, 0.4) is 0 Å². The highest BCUT2D eigenvalue weighted by atomic mass is 19.1. The number of nitrogens with two attached hydrogens (primary N) is 1. The Morgan fingerprint density at radius 1 is 1.37 bits per heavy atom. The van der Waals surface area contributed by atoms with E-state index in [4.69, 9.17) is 10.5 Å². The zero-order valence-corrected chi connectivity index (χ0v) is 11.4. The van der Waals surface area contributed by atoms with Crippen LogP contribution in [0.1, 0.15) is 44.2 Å². The Morgan fingerprint density at radius 2 is 2.21 bits per heavy atom. The minimum absolute atomic E-state index is 0.129. The van der Waals surface area contributed by atoms with Gasteiger partial charge < -0.3 is 10.5 Å². The molecule has 104 valence electrons. The number of benzene rings is 1. The van der Waals surface area contributed by atoms with E-state index < -0.39 is 0 Å². The Bertz CT molecular complexity index is 460. The summed E-state index contributed by atoms with van der Waals surface area (Å²) >= 11 is 0. The molecule has 1 aromatic rings. The van der Waals surface area contributed by atoms with Gasteiger partial charge in [-0.15, -0.1) is 0 Å². The third kappa shape index (κ3) is 2.62. The average Bonchev–Trinajstić information content (AvgIpc) is 2.98. The lowest BCUT2D eigenvalue weighted by atomic mass is 9.89. The summed E-state index contributed by atoms with van der Waals surface area (Å²) in [6.45, 7) is 2.61. The van der Waals surface area contributed by atoms with Gasteiger partial charge in [-0.3, -0.25) is 0 Å². The predicted octanol–water partition coefficient (Wildman–Crippen LogP) is 3.66. The van der Waals surface area contributed by atoms with Gasteiger partial charge in [0.25, 0.3) is 0 Å². The third-order valence-corrected chi connectivity index (χ3v) is 4.80. The van der Waals surface area contributed by atoms with Crippen molar-refractivity contribution in [3.8, 4) is 5.75 Å². The van der Waals surface area contributed by atoms with Gasteiger partial charge in [-0.1, -0.05) is 12.5 Å². The van der Waals surface area contributed by atoms with Crippen LogP contribution in [0.4, 0.5) is 4.39 Å². The van der Waals surface area contributed by atoms with E-state index in [0.29, 0.717) is 18.3 Å². The normalized spacial score (nSPS) is 30.6. The third-order valence-electron chi connectivity index (χ3n) is 4.80. The minimum atomic E-state index is -0.257. The van der Waals surface area contributed by atoms with E-state index in [1.807, 2.05) is 6.92 Å². The first-order valence-electron chi connectivity index (χ1n) is 7.31. The number of hydrogen-bond acceptors (Lipinski definition) is 2. The van der Waals surface area contributed by atoms with Gasteiger partial charge in [-0.25, -0.2) is 4.39 Å². The molecule has 3 rings (SSSR count). The molecule has 0 amide bonds. The van der Waals surface area contributed by atoms with Gasteiger partial charge in [0.15, 0.2) is 0 Å². The van der Waals surface area contributed by atoms with Gasteiger partial charge >= 0.3 is 0 Å². The Kier molecular flexibility index (Phi) is 3.48. The van der Waals surface area contributed by atoms with Gasteiger partial charge in [-0.05, 0) is 50.0 Å². The maximum Gasteiger partial charge on any atom is 0.126 e. The van der Waals surface area contributed by atoms with Crippen LogP contribution in [-0.2, 0) is 0 Å². The van der Waals surface area contributed by atoms with E-state index in [9.17, 15) is 4.39 Å². The molecule has 19 heavy (non-hydrogen) atoms. The highest BCUT2D eigenvalue weighted by molar-refractivity contribution is 5.36. The number of ether oxygens (including phenoxy) is 1. The largest absolute Gasteiger partial charge is 0.493 e. The standard InChI is InChI=1S/C16H22FNO/c1-10(18)15-5-4-14(17)8-16(15)19-9-13-7-11-2-3-12(13)6-11/h4-5,8,10-13H,2-3,6-7,9,18H2,1H3/t10-,11?,12?,13?/m1/s1. The lowest BCUT2D eigenvalue weighted by molar-refractivity contribution is 0.193. The van der Waals surface area contributed by atoms with E-state index in [2.05, 4.69) is 0 Å². The molecule has 0 aromatic heterocycles. The first kappa shape index (κ1) is 12.9. The maximum absolute atomic E-state index is 13.3. The second-order valence-corrected chi connectivity index (χ2v) is 6.22. The molecule has 2 N–H and O–H groups in total. The zero-order chi connectivity index (χ0) is 13.4. The zero-order valence-electron chi connectivity index (χ0n) is 11.4. The molecule has 2 fully saturated rings. The Balaban J connectivity index is 1.67. The molecule has 2 bridgehead atoms. The summed E-state index contributed by atoms with van der Waals surface area (Å²) in [6.07, 6.45) is 5.40. The molecule has 2 aliphatic rings. The van der Waals surface area contributed by atoms with Crippen LogP contribution < -0.4 is 10.5 Å². The molecular formula is C16H22FNO. The highest BCUT2D eigenvalue weighted by Gasteiger charge is 2.39. The lowest BCUT2D eigenvalue weighted by Crippen LogP contribution is -2.19. The summed E-state index contributed by atoms with van der Waals surface area (Å²) in [5, 5.41) is 0. The fraction of sp³-hybridized carbons (Fsp3) is 0.625. The topological polar surface area (TPSA) is 35.2 Å². The van der Waals surface area contributed by atoms with E-state index in [1.54, 1.807) is 6.07 Å². The quantitative estimate of drug-likeness (QED) is 0.899. The van der Waals surface area contributed by atoms with E-state index >= 15 is 0 Å². The van der Waals surface area contributed by atoms with Crippen molar-refractivity contribution in [2.45, 2.75) is 38.6 Å². The lowest BCUT2D eigenvalue weighted by Gasteiger charge is -2.23. The molecule has 3 unspecified atom stereocenters. The summed E-state index contributed by atoms with van der Waals surface area (Å²) in [7, 11) is 0. The van der Waals surface area contributed by atoms with Gasteiger partial charge in [0.2, 0.25) is 0 Å². The molecule has 3 heteroatoms.